The lowest BCUT2D eigenvalue weighted by molar-refractivity contribution is -0.149. The number of hydrogen-bond acceptors (Lipinski definition) is 9. The average molecular weight is 519 g/mol. The summed E-state index contributed by atoms with van der Waals surface area (Å²) in [4.78, 5) is 19.5. The fourth-order valence-electron chi connectivity index (χ4n) is 3.88. The predicted octanol–water partition coefficient (Wildman–Crippen LogP) is 2.86. The summed E-state index contributed by atoms with van der Waals surface area (Å²) in [5, 5.41) is 24.7. The lowest BCUT2D eigenvalue weighted by Crippen LogP contribution is -2.38. The smallest absolute Gasteiger partial charge is 0.459 e. The van der Waals surface area contributed by atoms with Gasteiger partial charge in [0.1, 0.15) is 41.9 Å². The maximum absolute atomic E-state index is 13.6. The van der Waals surface area contributed by atoms with Crippen LogP contribution in [0.25, 0.3) is 11.0 Å². The van der Waals surface area contributed by atoms with Crippen LogP contribution in [-0.2, 0) is 23.4 Å². The van der Waals surface area contributed by atoms with Crippen LogP contribution in [0.15, 0.2) is 54.9 Å². The van der Waals surface area contributed by atoms with Crippen molar-refractivity contribution < 1.29 is 38.1 Å². The van der Waals surface area contributed by atoms with E-state index in [4.69, 9.17) is 18.5 Å². The molecule has 1 aliphatic rings. The molecule has 6 atom stereocenters. The van der Waals surface area contributed by atoms with Gasteiger partial charge < -0.3 is 29.2 Å². The van der Waals surface area contributed by atoms with Gasteiger partial charge in [0.25, 0.3) is 0 Å². The number of fused-ring (bicyclic) bond motifs is 1. The Morgan fingerprint density at radius 3 is 2.64 bits per heavy atom. The van der Waals surface area contributed by atoms with Crippen molar-refractivity contribution in [2.45, 2.75) is 57.3 Å². The number of aromatic amines is 1. The number of H-pyrrole nitrogens is 1. The zero-order valence-electron chi connectivity index (χ0n) is 20.1. The number of benzene rings is 1. The second kappa shape index (κ2) is 11.1. The molecule has 0 spiro atoms. The van der Waals surface area contributed by atoms with Crippen LogP contribution in [0.3, 0.4) is 0 Å². The number of rotatable bonds is 10. The first-order chi connectivity index (χ1) is 17.2. The normalized spacial score (nSPS) is 24.5. The average Bonchev–Trinajstić information content (AvgIpc) is 3.43. The highest BCUT2D eigenvalue weighted by Gasteiger charge is 2.45. The van der Waals surface area contributed by atoms with Crippen LogP contribution in [-0.4, -0.2) is 63.2 Å². The summed E-state index contributed by atoms with van der Waals surface area (Å²) in [6.07, 6.45) is -1.56. The third-order valence-electron chi connectivity index (χ3n) is 5.60. The van der Waals surface area contributed by atoms with Gasteiger partial charge in [-0.2, -0.15) is 5.09 Å². The topological polar surface area (TPSA) is 152 Å². The van der Waals surface area contributed by atoms with Gasteiger partial charge in [0.15, 0.2) is 0 Å². The van der Waals surface area contributed by atoms with Crippen molar-refractivity contribution in [2.75, 3.05) is 6.61 Å². The molecule has 12 heteroatoms. The van der Waals surface area contributed by atoms with Crippen LogP contribution >= 0.6 is 7.75 Å². The summed E-state index contributed by atoms with van der Waals surface area (Å²) in [6.45, 7) is 4.48. The van der Waals surface area contributed by atoms with Crippen molar-refractivity contribution in [3.05, 3.63) is 60.4 Å². The molecule has 0 amide bonds. The third-order valence-corrected chi connectivity index (χ3v) is 7.24. The van der Waals surface area contributed by atoms with E-state index in [9.17, 15) is 19.6 Å². The van der Waals surface area contributed by atoms with E-state index in [0.29, 0.717) is 11.2 Å². The van der Waals surface area contributed by atoms with E-state index in [-0.39, 0.29) is 18.5 Å². The number of pyridine rings is 1. The Balaban J connectivity index is 1.49. The Bertz CT molecular complexity index is 1220. The molecule has 1 aliphatic heterocycles. The number of hydrogen-bond donors (Lipinski definition) is 4. The summed E-state index contributed by atoms with van der Waals surface area (Å²) >= 11 is 0. The van der Waals surface area contributed by atoms with Crippen molar-refractivity contribution in [3.63, 3.8) is 0 Å². The number of esters is 1. The first-order valence-corrected chi connectivity index (χ1v) is 13.1. The minimum absolute atomic E-state index is 0.246. The largest absolute Gasteiger partial charge is 0.462 e. The van der Waals surface area contributed by atoms with Crippen LogP contribution < -0.4 is 9.61 Å². The van der Waals surface area contributed by atoms with Gasteiger partial charge in [0, 0.05) is 17.8 Å². The minimum Gasteiger partial charge on any atom is -0.462 e. The molecule has 11 nitrogen and oxygen atoms in total. The van der Waals surface area contributed by atoms with Gasteiger partial charge in [-0.1, -0.05) is 18.2 Å². The molecule has 0 unspecified atom stereocenters. The summed E-state index contributed by atoms with van der Waals surface area (Å²) < 4.78 is 36.0. The molecule has 4 N–H and O–H groups in total. The lowest BCUT2D eigenvalue weighted by atomic mass is 10.0. The number of carbonyl (C=O) groups is 1. The molecular formula is C24H30N3O8P. The minimum atomic E-state index is -4.15. The van der Waals surface area contributed by atoms with Crippen LogP contribution in [0.2, 0.25) is 0 Å². The van der Waals surface area contributed by atoms with Crippen LogP contribution in [0.5, 0.6) is 5.75 Å². The highest BCUT2D eigenvalue weighted by molar-refractivity contribution is 7.52. The third kappa shape index (κ3) is 5.95. The maximum atomic E-state index is 13.6. The number of aliphatic hydroxyl groups excluding tert-OH is 2. The van der Waals surface area contributed by atoms with E-state index >= 15 is 0 Å². The predicted molar refractivity (Wildman–Crippen MR) is 130 cm³/mol. The van der Waals surface area contributed by atoms with Crippen LogP contribution in [0.1, 0.15) is 32.4 Å². The molecule has 0 aliphatic carbocycles. The standard InChI is InChI=1S/C24H30N3O8P/c1-14(2)33-24(30)15(3)27-36(31,35-16-7-5-4-6-8-16)32-13-19-20(28)21(29)22(34-19)17-9-11-25-23-18(17)10-12-26-23/h4-12,14-15,19-22,28-29H,13H2,1-3H3,(H,25,26)(H,27,31)/t15-,19+,20+,21+,22-,36-/m0/s1. The molecule has 3 aromatic rings. The van der Waals surface area contributed by atoms with Gasteiger partial charge in [-0.15, -0.1) is 0 Å². The van der Waals surface area contributed by atoms with Crippen LogP contribution in [0.4, 0.5) is 0 Å². The summed E-state index contributed by atoms with van der Waals surface area (Å²) in [7, 11) is -4.15. The molecule has 2 aromatic heterocycles. The first kappa shape index (κ1) is 26.3. The van der Waals surface area contributed by atoms with Gasteiger partial charge in [0.05, 0.1) is 12.7 Å². The van der Waals surface area contributed by atoms with Crippen LogP contribution in [0, 0.1) is 0 Å². The number of para-hydroxylation sites is 1. The molecule has 0 bridgehead atoms. The quantitative estimate of drug-likeness (QED) is 0.232. The van der Waals surface area contributed by atoms with Gasteiger partial charge >= 0.3 is 13.7 Å². The molecule has 1 aromatic carbocycles. The lowest BCUT2D eigenvalue weighted by Gasteiger charge is -2.25. The van der Waals surface area contributed by atoms with Crippen molar-refractivity contribution in [2.24, 2.45) is 0 Å². The molecule has 4 rings (SSSR count). The summed E-state index contributed by atoms with van der Waals surface area (Å²) in [5.74, 6) is -0.387. The number of aromatic nitrogens is 2. The number of nitrogens with one attached hydrogen (secondary N) is 2. The zero-order valence-corrected chi connectivity index (χ0v) is 21.0. The molecule has 194 valence electrons. The highest BCUT2D eigenvalue weighted by atomic mass is 31.2. The van der Waals surface area contributed by atoms with E-state index in [1.54, 1.807) is 68.7 Å². The Labute approximate surface area is 208 Å². The van der Waals surface area contributed by atoms with Gasteiger partial charge in [0.2, 0.25) is 0 Å². The fraction of sp³-hybridized carbons (Fsp3) is 0.417. The van der Waals surface area contributed by atoms with E-state index in [1.165, 1.54) is 6.92 Å². The number of nitrogens with zero attached hydrogens (tertiary/aromatic N) is 1. The Hall–Kier alpha value is -2.79. The van der Waals surface area contributed by atoms with Gasteiger partial charge in [-0.25, -0.2) is 9.55 Å². The second-order valence-electron chi connectivity index (χ2n) is 8.75. The maximum Gasteiger partial charge on any atom is 0.459 e. The number of aliphatic hydroxyl groups is 2. The van der Waals surface area contributed by atoms with Crippen molar-refractivity contribution >= 4 is 24.7 Å². The molecule has 1 fully saturated rings. The Morgan fingerprint density at radius 2 is 1.92 bits per heavy atom. The van der Waals surface area contributed by atoms with Crippen molar-refractivity contribution in [1.29, 1.82) is 0 Å². The highest BCUT2D eigenvalue weighted by Crippen LogP contribution is 2.46. The molecular weight excluding hydrogens is 489 g/mol. The van der Waals surface area contributed by atoms with E-state index in [0.717, 1.165) is 5.39 Å². The molecule has 0 saturated carbocycles. The van der Waals surface area contributed by atoms with E-state index < -0.39 is 44.2 Å². The second-order valence-corrected chi connectivity index (χ2v) is 10.4. The Morgan fingerprint density at radius 1 is 1.17 bits per heavy atom. The first-order valence-electron chi connectivity index (χ1n) is 11.6. The van der Waals surface area contributed by atoms with Crippen molar-refractivity contribution in [1.82, 2.24) is 15.1 Å². The van der Waals surface area contributed by atoms with E-state index in [1.807, 2.05) is 0 Å². The SMILES string of the molecule is CC(C)OC(=O)[C@H](C)N[P@](=O)(OC[C@H]1O[C@@H](c2ccnc3[nH]ccc23)[C@H](O)[C@@H]1O)Oc1ccccc1. The van der Waals surface area contributed by atoms with Gasteiger partial charge in [-0.3, -0.25) is 9.32 Å². The molecule has 1 saturated heterocycles. The Kier molecular flexibility index (Phi) is 8.09. The number of carbonyl (C=O) groups excluding carboxylic acids is 1. The summed E-state index contributed by atoms with van der Waals surface area (Å²) in [6, 6.07) is 10.8. The molecule has 3 heterocycles. The molecule has 36 heavy (non-hydrogen) atoms. The fourth-order valence-corrected chi connectivity index (χ4v) is 5.38. The number of ether oxygens (including phenoxy) is 2. The zero-order chi connectivity index (χ0) is 25.9. The monoisotopic (exact) mass is 519 g/mol. The van der Waals surface area contributed by atoms with E-state index in [2.05, 4.69) is 15.1 Å². The van der Waals surface area contributed by atoms with Crippen molar-refractivity contribution in [3.8, 4) is 5.75 Å². The van der Waals surface area contributed by atoms with Gasteiger partial charge in [-0.05, 0) is 50.6 Å². The summed E-state index contributed by atoms with van der Waals surface area (Å²) in [5.41, 5.74) is 1.26. The molecule has 0 radical (unpaired) electrons.